The van der Waals surface area contributed by atoms with Crippen molar-refractivity contribution < 1.29 is 9.59 Å². The van der Waals surface area contributed by atoms with Crippen molar-refractivity contribution in [3.05, 3.63) is 41.5 Å². The van der Waals surface area contributed by atoms with Gasteiger partial charge in [-0.05, 0) is 44.6 Å². The van der Waals surface area contributed by atoms with Crippen molar-refractivity contribution in [2.24, 2.45) is 0 Å². The number of carbonyl (C=O) groups excluding carboxylic acids is 2. The lowest BCUT2D eigenvalue weighted by molar-refractivity contribution is 0.0458. The molecule has 2 aliphatic rings. The summed E-state index contributed by atoms with van der Waals surface area (Å²) in [4.78, 5) is 29.9. The topological polar surface area (TPSA) is 52.7 Å². The van der Waals surface area contributed by atoms with Crippen molar-refractivity contribution in [2.45, 2.75) is 18.9 Å². The fourth-order valence-electron chi connectivity index (χ4n) is 4.01. The molecule has 1 fully saturated rings. The third kappa shape index (κ3) is 2.12. The van der Waals surface area contributed by atoms with Crippen LogP contribution in [0.1, 0.15) is 33.6 Å². The fourth-order valence-corrected chi connectivity index (χ4v) is 4.01. The smallest absolute Gasteiger partial charge is 0.261 e. The third-order valence-electron chi connectivity index (χ3n) is 5.17. The highest BCUT2D eigenvalue weighted by molar-refractivity contribution is 6.26. The molecule has 5 nitrogen and oxygen atoms in total. The van der Waals surface area contributed by atoms with Crippen LogP contribution in [0.5, 0.6) is 0 Å². The van der Waals surface area contributed by atoms with Gasteiger partial charge in [-0.3, -0.25) is 14.5 Å². The number of carbonyl (C=O) groups is 2. The molecule has 0 spiro atoms. The van der Waals surface area contributed by atoms with E-state index in [0.717, 1.165) is 42.4 Å². The van der Waals surface area contributed by atoms with Gasteiger partial charge in [0.2, 0.25) is 0 Å². The summed E-state index contributed by atoms with van der Waals surface area (Å²) in [6.45, 7) is 1.77. The van der Waals surface area contributed by atoms with Gasteiger partial charge in [-0.2, -0.15) is 0 Å². The van der Waals surface area contributed by atoms with Crippen LogP contribution in [0.15, 0.2) is 30.3 Å². The second-order valence-corrected chi connectivity index (χ2v) is 6.68. The van der Waals surface area contributed by atoms with Gasteiger partial charge in [-0.1, -0.05) is 12.1 Å². The molecule has 0 bridgehead atoms. The molecule has 2 aromatic carbocycles. The van der Waals surface area contributed by atoms with Gasteiger partial charge in [0.1, 0.15) is 0 Å². The standard InChI is InChI=1S/C19H21N3O2/c1-20-16-9-8-15-17-13(16)6-3-7-14(17)18(23)22(19(15)24)12-5-4-10-21(2)11-12/h3,6-9,12,20H,4-5,10-11H2,1-2H3/t12-/m0/s1. The molecule has 2 amide bonds. The minimum absolute atomic E-state index is 0.0452. The summed E-state index contributed by atoms with van der Waals surface area (Å²) < 4.78 is 0. The highest BCUT2D eigenvalue weighted by Crippen LogP contribution is 2.35. The summed E-state index contributed by atoms with van der Waals surface area (Å²) in [5, 5.41) is 4.84. The van der Waals surface area contributed by atoms with Crippen molar-refractivity contribution in [1.29, 1.82) is 0 Å². The second kappa shape index (κ2) is 5.60. The number of benzene rings is 2. The summed E-state index contributed by atoms with van der Waals surface area (Å²) in [7, 11) is 3.89. The van der Waals surface area contributed by atoms with Crippen LogP contribution in [0.3, 0.4) is 0 Å². The van der Waals surface area contributed by atoms with Gasteiger partial charge < -0.3 is 10.2 Å². The van der Waals surface area contributed by atoms with E-state index in [9.17, 15) is 9.59 Å². The summed E-state index contributed by atoms with van der Waals surface area (Å²) in [6, 6.07) is 9.39. The Morgan fingerprint density at radius 3 is 2.54 bits per heavy atom. The maximum absolute atomic E-state index is 13.1. The summed E-state index contributed by atoms with van der Waals surface area (Å²) in [6.07, 6.45) is 1.88. The zero-order valence-corrected chi connectivity index (χ0v) is 14.0. The van der Waals surface area contributed by atoms with Gasteiger partial charge in [0.25, 0.3) is 11.8 Å². The van der Waals surface area contributed by atoms with Gasteiger partial charge in [-0.15, -0.1) is 0 Å². The van der Waals surface area contributed by atoms with Gasteiger partial charge in [-0.25, -0.2) is 0 Å². The molecule has 0 aliphatic carbocycles. The largest absolute Gasteiger partial charge is 0.388 e. The minimum atomic E-state index is -0.161. The summed E-state index contributed by atoms with van der Waals surface area (Å²) >= 11 is 0. The number of hydrogen-bond donors (Lipinski definition) is 1. The maximum Gasteiger partial charge on any atom is 0.261 e. The molecular formula is C19H21N3O2. The first-order valence-electron chi connectivity index (χ1n) is 8.41. The first-order chi connectivity index (χ1) is 11.6. The van der Waals surface area contributed by atoms with Crippen molar-refractivity contribution in [2.75, 3.05) is 32.5 Å². The highest BCUT2D eigenvalue weighted by atomic mass is 16.2. The lowest BCUT2D eigenvalue weighted by Crippen LogP contribution is -2.53. The van der Waals surface area contributed by atoms with E-state index in [0.29, 0.717) is 11.1 Å². The Labute approximate surface area is 141 Å². The number of likely N-dealkylation sites (N-methyl/N-ethyl adjacent to an activating group) is 1. The van der Waals surface area contributed by atoms with E-state index in [4.69, 9.17) is 0 Å². The Morgan fingerprint density at radius 1 is 1.08 bits per heavy atom. The van der Waals surface area contributed by atoms with Crippen LogP contribution in [0.4, 0.5) is 5.69 Å². The molecular weight excluding hydrogens is 302 g/mol. The maximum atomic E-state index is 13.1. The number of rotatable bonds is 2. The molecule has 2 heterocycles. The van der Waals surface area contributed by atoms with Crippen molar-refractivity contribution in [3.8, 4) is 0 Å². The Morgan fingerprint density at radius 2 is 1.83 bits per heavy atom. The van der Waals surface area contributed by atoms with E-state index in [1.807, 2.05) is 44.4 Å². The Kier molecular flexibility index (Phi) is 3.53. The predicted molar refractivity (Wildman–Crippen MR) is 94.5 cm³/mol. The minimum Gasteiger partial charge on any atom is -0.388 e. The van der Waals surface area contributed by atoms with E-state index in [-0.39, 0.29) is 17.9 Å². The predicted octanol–water partition coefficient (Wildman–Crippen LogP) is 2.57. The van der Waals surface area contributed by atoms with E-state index in [1.54, 1.807) is 0 Å². The van der Waals surface area contributed by atoms with E-state index in [1.165, 1.54) is 4.90 Å². The highest BCUT2D eigenvalue weighted by Gasteiger charge is 2.38. The summed E-state index contributed by atoms with van der Waals surface area (Å²) in [5.74, 6) is -0.321. The normalized spacial score (nSPS) is 21.4. The molecule has 1 N–H and O–H groups in total. The molecule has 5 heteroatoms. The number of hydrogen-bond acceptors (Lipinski definition) is 4. The monoisotopic (exact) mass is 323 g/mol. The second-order valence-electron chi connectivity index (χ2n) is 6.68. The third-order valence-corrected chi connectivity index (χ3v) is 5.17. The lowest BCUT2D eigenvalue weighted by Gasteiger charge is -2.38. The number of nitrogens with one attached hydrogen (secondary N) is 1. The molecule has 24 heavy (non-hydrogen) atoms. The van der Waals surface area contributed by atoms with E-state index in [2.05, 4.69) is 10.2 Å². The number of amides is 2. The summed E-state index contributed by atoms with van der Waals surface area (Å²) in [5.41, 5.74) is 2.20. The molecule has 1 atom stereocenters. The Hall–Kier alpha value is -2.40. The zero-order valence-electron chi connectivity index (χ0n) is 14.0. The van der Waals surface area contributed by atoms with E-state index >= 15 is 0 Å². The number of likely N-dealkylation sites (tertiary alicyclic amines) is 1. The Bertz CT molecular complexity index is 824. The van der Waals surface area contributed by atoms with Crippen LogP contribution in [-0.4, -0.2) is 54.8 Å². The zero-order chi connectivity index (χ0) is 16.8. The van der Waals surface area contributed by atoms with Crippen LogP contribution in [0.25, 0.3) is 10.8 Å². The number of anilines is 1. The number of imide groups is 1. The van der Waals surface area contributed by atoms with Crippen LogP contribution < -0.4 is 5.32 Å². The van der Waals surface area contributed by atoms with Crippen LogP contribution in [0.2, 0.25) is 0 Å². The first kappa shape index (κ1) is 15.1. The van der Waals surface area contributed by atoms with Crippen LogP contribution >= 0.6 is 0 Å². The molecule has 0 saturated carbocycles. The van der Waals surface area contributed by atoms with Gasteiger partial charge in [0, 0.05) is 41.2 Å². The van der Waals surface area contributed by atoms with Crippen molar-refractivity contribution >= 4 is 28.3 Å². The average Bonchev–Trinajstić information content (AvgIpc) is 2.59. The van der Waals surface area contributed by atoms with Gasteiger partial charge in [0.05, 0.1) is 6.04 Å². The van der Waals surface area contributed by atoms with Crippen LogP contribution in [-0.2, 0) is 0 Å². The quantitative estimate of drug-likeness (QED) is 0.863. The molecule has 2 aromatic rings. The fraction of sp³-hybridized carbons (Fsp3) is 0.368. The van der Waals surface area contributed by atoms with Crippen LogP contribution in [0, 0.1) is 0 Å². The van der Waals surface area contributed by atoms with E-state index < -0.39 is 0 Å². The number of piperidine rings is 1. The molecule has 0 radical (unpaired) electrons. The molecule has 2 aliphatic heterocycles. The van der Waals surface area contributed by atoms with Gasteiger partial charge in [0.15, 0.2) is 0 Å². The molecule has 1 saturated heterocycles. The molecule has 0 aromatic heterocycles. The Balaban J connectivity index is 1.87. The number of nitrogens with zero attached hydrogens (tertiary/aromatic N) is 2. The lowest BCUT2D eigenvalue weighted by atomic mass is 9.91. The molecule has 124 valence electrons. The molecule has 0 unspecified atom stereocenters. The van der Waals surface area contributed by atoms with Gasteiger partial charge >= 0.3 is 0 Å². The average molecular weight is 323 g/mol. The molecule has 4 rings (SSSR count). The van der Waals surface area contributed by atoms with Crippen molar-refractivity contribution in [3.63, 3.8) is 0 Å². The first-order valence-corrected chi connectivity index (χ1v) is 8.41. The van der Waals surface area contributed by atoms with Crippen molar-refractivity contribution in [1.82, 2.24) is 9.80 Å². The SMILES string of the molecule is CNc1ccc2c3c(cccc13)C(=O)N([C@H]1CCCN(C)C1)C2=O.